The summed E-state index contributed by atoms with van der Waals surface area (Å²) in [7, 11) is 4.31. The van der Waals surface area contributed by atoms with Crippen molar-refractivity contribution in [3.63, 3.8) is 0 Å². The van der Waals surface area contributed by atoms with E-state index < -0.39 is 0 Å². The number of nitrogen functional groups attached to an aromatic ring is 1. The third-order valence-corrected chi connectivity index (χ3v) is 4.64. The van der Waals surface area contributed by atoms with E-state index >= 15 is 0 Å². The SMILES string of the molecule is Cc1c(NN)nc(C2CC2)nc1N1CCCC(N(C)C)C1. The molecule has 1 atom stereocenters. The molecule has 3 N–H and O–H groups in total. The van der Waals surface area contributed by atoms with Gasteiger partial charge in [-0.3, -0.25) is 0 Å². The van der Waals surface area contributed by atoms with Gasteiger partial charge in [-0.15, -0.1) is 0 Å². The maximum absolute atomic E-state index is 5.65. The molecule has 2 heterocycles. The second-order valence-corrected chi connectivity index (χ2v) is 6.50. The lowest BCUT2D eigenvalue weighted by atomic mass is 10.0. The summed E-state index contributed by atoms with van der Waals surface area (Å²) in [4.78, 5) is 14.2. The van der Waals surface area contributed by atoms with E-state index in [-0.39, 0.29) is 0 Å². The van der Waals surface area contributed by atoms with Gasteiger partial charge >= 0.3 is 0 Å². The topological polar surface area (TPSA) is 70.3 Å². The zero-order valence-corrected chi connectivity index (χ0v) is 13.3. The Morgan fingerprint density at radius 2 is 2.00 bits per heavy atom. The Labute approximate surface area is 126 Å². The van der Waals surface area contributed by atoms with Crippen molar-refractivity contribution >= 4 is 11.6 Å². The lowest BCUT2D eigenvalue weighted by Gasteiger charge is -2.37. The summed E-state index contributed by atoms with van der Waals surface area (Å²) >= 11 is 0. The highest BCUT2D eigenvalue weighted by atomic mass is 15.3. The maximum atomic E-state index is 5.65. The first-order valence-corrected chi connectivity index (χ1v) is 7.86. The normalized spacial score (nSPS) is 22.7. The molecule has 2 fully saturated rings. The molecular formula is C15H26N6. The Morgan fingerprint density at radius 3 is 2.62 bits per heavy atom. The molecule has 0 bridgehead atoms. The van der Waals surface area contributed by atoms with Crippen LogP contribution in [0, 0.1) is 6.92 Å². The van der Waals surface area contributed by atoms with Crippen LogP contribution >= 0.6 is 0 Å². The molecule has 0 amide bonds. The van der Waals surface area contributed by atoms with Crippen molar-refractivity contribution in [3.05, 3.63) is 11.4 Å². The molecule has 1 saturated carbocycles. The van der Waals surface area contributed by atoms with Crippen molar-refractivity contribution in [1.82, 2.24) is 14.9 Å². The fourth-order valence-corrected chi connectivity index (χ4v) is 3.06. The van der Waals surface area contributed by atoms with Crippen LogP contribution in [0.4, 0.5) is 11.6 Å². The average Bonchev–Trinajstić information content (AvgIpc) is 3.32. The minimum absolute atomic E-state index is 0.533. The number of likely N-dealkylation sites (N-methyl/N-ethyl adjacent to an activating group) is 1. The third-order valence-electron chi connectivity index (χ3n) is 4.64. The van der Waals surface area contributed by atoms with E-state index in [4.69, 9.17) is 10.8 Å². The summed E-state index contributed by atoms with van der Waals surface area (Å²) in [5.74, 6) is 8.97. The summed E-state index contributed by atoms with van der Waals surface area (Å²) in [6, 6.07) is 0.590. The van der Waals surface area contributed by atoms with Gasteiger partial charge in [0.25, 0.3) is 0 Å². The van der Waals surface area contributed by atoms with Gasteiger partial charge in [0.15, 0.2) is 0 Å². The molecule has 1 unspecified atom stereocenters. The highest BCUT2D eigenvalue weighted by Crippen LogP contribution is 2.40. The van der Waals surface area contributed by atoms with Gasteiger partial charge in [0.05, 0.1) is 0 Å². The van der Waals surface area contributed by atoms with E-state index in [1.807, 2.05) is 0 Å². The molecule has 1 saturated heterocycles. The number of nitrogens with zero attached hydrogens (tertiary/aromatic N) is 4. The van der Waals surface area contributed by atoms with Gasteiger partial charge in [-0.1, -0.05) is 0 Å². The van der Waals surface area contributed by atoms with Crippen LogP contribution in [0.2, 0.25) is 0 Å². The van der Waals surface area contributed by atoms with Crippen molar-refractivity contribution in [2.75, 3.05) is 37.5 Å². The summed E-state index contributed by atoms with van der Waals surface area (Å²) < 4.78 is 0. The first kappa shape index (κ1) is 14.5. The van der Waals surface area contributed by atoms with Crippen LogP contribution in [0.1, 0.15) is 43.0 Å². The molecule has 0 aromatic carbocycles. The van der Waals surface area contributed by atoms with E-state index in [9.17, 15) is 0 Å². The second-order valence-electron chi connectivity index (χ2n) is 6.50. The van der Waals surface area contributed by atoms with Gasteiger partial charge in [0, 0.05) is 30.6 Å². The van der Waals surface area contributed by atoms with Crippen molar-refractivity contribution in [1.29, 1.82) is 0 Å². The fraction of sp³-hybridized carbons (Fsp3) is 0.733. The number of anilines is 2. The van der Waals surface area contributed by atoms with Gasteiger partial charge in [0.1, 0.15) is 17.5 Å². The minimum Gasteiger partial charge on any atom is -0.355 e. The molecule has 1 aromatic rings. The summed E-state index contributed by atoms with van der Waals surface area (Å²) in [6.45, 7) is 4.15. The molecule has 0 radical (unpaired) electrons. The van der Waals surface area contributed by atoms with Crippen LogP contribution < -0.4 is 16.2 Å². The van der Waals surface area contributed by atoms with Crippen LogP contribution in [0.25, 0.3) is 0 Å². The smallest absolute Gasteiger partial charge is 0.148 e. The molecule has 1 aliphatic carbocycles. The zero-order valence-electron chi connectivity index (χ0n) is 13.3. The Morgan fingerprint density at radius 1 is 1.24 bits per heavy atom. The van der Waals surface area contributed by atoms with Crippen LogP contribution in [0.3, 0.4) is 0 Å². The highest BCUT2D eigenvalue weighted by Gasteiger charge is 2.30. The zero-order chi connectivity index (χ0) is 15.0. The second kappa shape index (κ2) is 5.77. The molecule has 21 heavy (non-hydrogen) atoms. The number of hydrogen-bond donors (Lipinski definition) is 2. The standard InChI is InChI=1S/C15H26N6/c1-10-13(19-16)17-14(11-6-7-11)18-15(10)21-8-4-5-12(9-21)20(2)3/h11-12H,4-9,16H2,1-3H3,(H,17,18,19). The number of piperidine rings is 1. The number of rotatable bonds is 4. The Bertz CT molecular complexity index is 511. The first-order chi connectivity index (χ1) is 10.1. The van der Waals surface area contributed by atoms with Gasteiger partial charge in [-0.2, -0.15) is 0 Å². The van der Waals surface area contributed by atoms with Crippen molar-refractivity contribution in [3.8, 4) is 0 Å². The summed E-state index contributed by atoms with van der Waals surface area (Å²) in [5.41, 5.74) is 3.80. The molecule has 116 valence electrons. The molecular weight excluding hydrogens is 264 g/mol. The Kier molecular flexibility index (Phi) is 3.99. The fourth-order valence-electron chi connectivity index (χ4n) is 3.06. The van der Waals surface area contributed by atoms with E-state index in [1.165, 1.54) is 25.7 Å². The average molecular weight is 290 g/mol. The minimum atomic E-state index is 0.533. The highest BCUT2D eigenvalue weighted by molar-refractivity contribution is 5.58. The largest absolute Gasteiger partial charge is 0.355 e. The van der Waals surface area contributed by atoms with Crippen molar-refractivity contribution in [2.45, 2.75) is 44.6 Å². The molecule has 1 aromatic heterocycles. The maximum Gasteiger partial charge on any atom is 0.148 e. The van der Waals surface area contributed by atoms with Crippen LogP contribution in [0.5, 0.6) is 0 Å². The predicted octanol–water partition coefficient (Wildman–Crippen LogP) is 1.48. The summed E-state index contributed by atoms with van der Waals surface area (Å²) in [6.07, 6.45) is 4.86. The van der Waals surface area contributed by atoms with Crippen LogP contribution in [0.15, 0.2) is 0 Å². The lowest BCUT2D eigenvalue weighted by Crippen LogP contribution is -2.45. The Hall–Kier alpha value is -1.40. The van der Waals surface area contributed by atoms with Crippen LogP contribution in [-0.4, -0.2) is 48.1 Å². The number of hydrazine groups is 1. The monoisotopic (exact) mass is 290 g/mol. The number of nitrogens with one attached hydrogen (secondary N) is 1. The number of aromatic nitrogens is 2. The number of nitrogens with two attached hydrogens (primary N) is 1. The van der Waals surface area contributed by atoms with Gasteiger partial charge in [-0.05, 0) is 46.7 Å². The van der Waals surface area contributed by atoms with E-state index in [1.54, 1.807) is 0 Å². The third kappa shape index (κ3) is 2.96. The predicted molar refractivity (Wildman–Crippen MR) is 85.5 cm³/mol. The molecule has 3 rings (SSSR count). The number of hydrogen-bond acceptors (Lipinski definition) is 6. The van der Waals surface area contributed by atoms with Gasteiger partial charge in [0.2, 0.25) is 0 Å². The lowest BCUT2D eigenvalue weighted by molar-refractivity contribution is 0.257. The van der Waals surface area contributed by atoms with E-state index in [0.29, 0.717) is 12.0 Å². The van der Waals surface area contributed by atoms with E-state index in [0.717, 1.165) is 36.1 Å². The van der Waals surface area contributed by atoms with Crippen LogP contribution in [-0.2, 0) is 0 Å². The van der Waals surface area contributed by atoms with Gasteiger partial charge in [-0.25, -0.2) is 15.8 Å². The van der Waals surface area contributed by atoms with Crippen molar-refractivity contribution in [2.24, 2.45) is 5.84 Å². The molecule has 2 aliphatic rings. The molecule has 0 spiro atoms. The molecule has 1 aliphatic heterocycles. The van der Waals surface area contributed by atoms with Gasteiger partial charge < -0.3 is 15.2 Å². The molecule has 6 heteroatoms. The molecule has 6 nitrogen and oxygen atoms in total. The quantitative estimate of drug-likeness (QED) is 0.646. The summed E-state index contributed by atoms with van der Waals surface area (Å²) in [5, 5.41) is 0. The van der Waals surface area contributed by atoms with E-state index in [2.05, 4.69) is 41.2 Å². The first-order valence-electron chi connectivity index (χ1n) is 7.86. The Balaban J connectivity index is 1.90. The van der Waals surface area contributed by atoms with Crippen molar-refractivity contribution < 1.29 is 0 Å².